The Morgan fingerprint density at radius 1 is 1.00 bits per heavy atom. The van der Waals surface area contributed by atoms with Gasteiger partial charge in [-0.15, -0.1) is 11.3 Å². The second-order valence-corrected chi connectivity index (χ2v) is 9.46. The molecule has 5 aliphatic carbocycles. The van der Waals surface area contributed by atoms with Crippen molar-refractivity contribution in [2.24, 2.45) is 23.5 Å². The lowest BCUT2D eigenvalue weighted by atomic mass is 9.49. The lowest BCUT2D eigenvalue weighted by molar-refractivity contribution is -0.00704. The highest BCUT2D eigenvalue weighted by atomic mass is 32.1. The first kappa shape index (κ1) is 13.1. The fourth-order valence-corrected chi connectivity index (χ4v) is 7.51. The summed E-state index contributed by atoms with van der Waals surface area (Å²) < 4.78 is 0. The number of hydrogen-bond acceptors (Lipinski definition) is 3. The molecule has 1 aromatic rings. The van der Waals surface area contributed by atoms with Crippen molar-refractivity contribution in [2.75, 3.05) is 0 Å². The third-order valence-electron chi connectivity index (χ3n) is 7.01. The molecule has 3 heteroatoms. The maximum Gasteiger partial charge on any atom is 0.113 e. The summed E-state index contributed by atoms with van der Waals surface area (Å²) in [6.07, 6.45) is 13.6. The summed E-state index contributed by atoms with van der Waals surface area (Å²) >= 11 is 1.86. The van der Waals surface area contributed by atoms with Gasteiger partial charge in [-0.05, 0) is 69.1 Å². The normalized spacial score (nSPS) is 43.6. The largest absolute Gasteiger partial charge is 0.319 e. The Morgan fingerprint density at radius 3 is 2.14 bits per heavy atom. The number of hydrogen-bond donors (Lipinski definition) is 1. The van der Waals surface area contributed by atoms with Crippen molar-refractivity contribution in [2.45, 2.75) is 75.2 Å². The molecule has 1 aromatic heterocycles. The Balaban J connectivity index is 1.49. The van der Waals surface area contributed by atoms with E-state index >= 15 is 0 Å². The van der Waals surface area contributed by atoms with Crippen LogP contribution in [0.2, 0.25) is 0 Å². The smallest absolute Gasteiger partial charge is 0.113 e. The maximum atomic E-state index is 6.63. The molecule has 1 heterocycles. The summed E-state index contributed by atoms with van der Waals surface area (Å²) in [6, 6.07) is 0. The Morgan fingerprint density at radius 2 is 1.57 bits per heavy atom. The maximum absolute atomic E-state index is 6.63. The molecule has 6 rings (SSSR count). The van der Waals surface area contributed by atoms with Gasteiger partial charge in [0.2, 0.25) is 0 Å². The van der Waals surface area contributed by atoms with Crippen LogP contribution >= 0.6 is 11.3 Å². The second kappa shape index (κ2) is 4.32. The average molecular weight is 302 g/mol. The fraction of sp³-hybridized carbons (Fsp3) is 0.833. The second-order valence-electron chi connectivity index (χ2n) is 8.60. The first-order chi connectivity index (χ1) is 10.2. The van der Waals surface area contributed by atoms with Crippen LogP contribution in [-0.2, 0) is 11.0 Å². The number of rotatable bonds is 2. The molecule has 0 amide bonds. The predicted octanol–water partition coefficient (Wildman–Crippen LogP) is 4.34. The molecular formula is C18H26N2S. The molecule has 5 aliphatic rings. The minimum absolute atomic E-state index is 0.0921. The van der Waals surface area contributed by atoms with E-state index < -0.39 is 0 Å². The summed E-state index contributed by atoms with van der Waals surface area (Å²) in [7, 11) is 0. The molecule has 21 heavy (non-hydrogen) atoms. The van der Waals surface area contributed by atoms with Crippen LogP contribution in [0, 0.1) is 17.8 Å². The van der Waals surface area contributed by atoms with Crippen LogP contribution in [0.25, 0.3) is 0 Å². The Bertz CT molecular complexity index is 520. The zero-order chi connectivity index (χ0) is 14.1. The molecule has 0 aliphatic heterocycles. The molecule has 2 nitrogen and oxygen atoms in total. The number of aromatic nitrogens is 1. The third-order valence-corrected chi connectivity index (χ3v) is 8.07. The van der Waals surface area contributed by atoms with Crippen molar-refractivity contribution >= 4 is 11.3 Å². The Hall–Kier alpha value is -0.410. The van der Waals surface area contributed by atoms with Crippen LogP contribution in [0.1, 0.15) is 74.9 Å². The molecular weight excluding hydrogens is 276 g/mol. The van der Waals surface area contributed by atoms with Crippen molar-refractivity contribution in [1.29, 1.82) is 0 Å². The van der Waals surface area contributed by atoms with E-state index in [1.165, 1.54) is 62.1 Å². The molecule has 2 N–H and O–H groups in total. The van der Waals surface area contributed by atoms with Gasteiger partial charge in [-0.1, -0.05) is 12.8 Å². The molecule has 5 saturated carbocycles. The highest BCUT2D eigenvalue weighted by molar-refractivity contribution is 7.09. The van der Waals surface area contributed by atoms with E-state index in [0.717, 1.165) is 30.6 Å². The van der Waals surface area contributed by atoms with Crippen LogP contribution in [0.5, 0.6) is 0 Å². The molecule has 0 radical (unpaired) electrons. The van der Waals surface area contributed by atoms with E-state index in [1.54, 1.807) is 0 Å². The Kier molecular flexibility index (Phi) is 2.69. The molecule has 114 valence electrons. The molecule has 0 aromatic carbocycles. The monoisotopic (exact) mass is 302 g/mol. The highest BCUT2D eigenvalue weighted by Crippen LogP contribution is 2.60. The van der Waals surface area contributed by atoms with E-state index in [9.17, 15) is 0 Å². The molecule has 0 unspecified atom stereocenters. The van der Waals surface area contributed by atoms with Gasteiger partial charge in [0.1, 0.15) is 5.01 Å². The van der Waals surface area contributed by atoms with Gasteiger partial charge in [-0.2, -0.15) is 0 Å². The third kappa shape index (κ3) is 1.89. The first-order valence-corrected chi connectivity index (χ1v) is 9.79. The summed E-state index contributed by atoms with van der Waals surface area (Å²) in [5.41, 5.74) is 8.41. The van der Waals surface area contributed by atoms with E-state index in [1.807, 2.05) is 11.3 Å². The van der Waals surface area contributed by atoms with Crippen molar-refractivity contribution in [3.63, 3.8) is 0 Å². The average Bonchev–Trinajstić information content (AvgIpc) is 3.06. The lowest BCUT2D eigenvalue weighted by Crippen LogP contribution is -2.48. The quantitative estimate of drug-likeness (QED) is 0.882. The van der Waals surface area contributed by atoms with Crippen LogP contribution in [0.15, 0.2) is 5.38 Å². The minimum atomic E-state index is -0.0921. The van der Waals surface area contributed by atoms with Gasteiger partial charge in [-0.25, -0.2) is 4.98 Å². The zero-order valence-electron chi connectivity index (χ0n) is 12.8. The highest BCUT2D eigenvalue weighted by Gasteiger charge is 2.52. The molecule has 0 spiro atoms. The number of thiazole rings is 1. The van der Waals surface area contributed by atoms with Crippen LogP contribution in [-0.4, -0.2) is 4.98 Å². The minimum Gasteiger partial charge on any atom is -0.319 e. The van der Waals surface area contributed by atoms with E-state index in [2.05, 4.69) is 5.38 Å². The van der Waals surface area contributed by atoms with Crippen molar-refractivity contribution in [3.8, 4) is 0 Å². The van der Waals surface area contributed by atoms with E-state index in [0.29, 0.717) is 5.41 Å². The molecule has 5 fully saturated rings. The zero-order valence-corrected chi connectivity index (χ0v) is 13.6. The first-order valence-electron chi connectivity index (χ1n) is 8.91. The van der Waals surface area contributed by atoms with Gasteiger partial charge in [0.15, 0.2) is 0 Å². The van der Waals surface area contributed by atoms with Gasteiger partial charge in [0.25, 0.3) is 0 Å². The number of nitrogens with two attached hydrogens (primary N) is 1. The molecule has 0 atom stereocenters. The van der Waals surface area contributed by atoms with Crippen LogP contribution < -0.4 is 5.73 Å². The fourth-order valence-electron chi connectivity index (χ4n) is 6.39. The number of nitrogens with zero attached hydrogens (tertiary/aromatic N) is 1. The summed E-state index contributed by atoms with van der Waals surface area (Å²) in [6.45, 7) is 0. The molecule has 4 bridgehead atoms. The van der Waals surface area contributed by atoms with Gasteiger partial charge in [0.05, 0.1) is 11.2 Å². The van der Waals surface area contributed by atoms with Crippen molar-refractivity contribution in [1.82, 2.24) is 4.98 Å². The molecule has 0 saturated heterocycles. The summed E-state index contributed by atoms with van der Waals surface area (Å²) in [5, 5.41) is 3.63. The van der Waals surface area contributed by atoms with Gasteiger partial charge < -0.3 is 5.73 Å². The predicted molar refractivity (Wildman–Crippen MR) is 86.3 cm³/mol. The van der Waals surface area contributed by atoms with Gasteiger partial charge in [0, 0.05) is 10.8 Å². The van der Waals surface area contributed by atoms with Crippen LogP contribution in [0.4, 0.5) is 0 Å². The Labute approximate surface area is 131 Å². The lowest BCUT2D eigenvalue weighted by Gasteiger charge is -2.56. The summed E-state index contributed by atoms with van der Waals surface area (Å²) in [4.78, 5) is 5.15. The summed E-state index contributed by atoms with van der Waals surface area (Å²) in [5.74, 6) is 3.00. The van der Waals surface area contributed by atoms with E-state index in [4.69, 9.17) is 10.7 Å². The van der Waals surface area contributed by atoms with Crippen molar-refractivity contribution < 1.29 is 0 Å². The standard InChI is InChI=1S/C18H26N2S/c19-18(3-1-2-4-18)16-20-15(11-21-16)17-8-12-5-13(9-17)7-14(6-12)10-17/h11-14H,1-10,19H2. The van der Waals surface area contributed by atoms with Crippen molar-refractivity contribution in [3.05, 3.63) is 16.1 Å². The topological polar surface area (TPSA) is 38.9 Å². The van der Waals surface area contributed by atoms with Gasteiger partial charge >= 0.3 is 0 Å². The van der Waals surface area contributed by atoms with Crippen LogP contribution in [0.3, 0.4) is 0 Å². The van der Waals surface area contributed by atoms with Gasteiger partial charge in [-0.3, -0.25) is 0 Å². The SMILES string of the molecule is NC1(c2nc(C34CC5CC(CC(C5)C3)C4)cs2)CCCC1. The van der Waals surface area contributed by atoms with E-state index in [-0.39, 0.29) is 5.54 Å².